The Morgan fingerprint density at radius 3 is 2.16 bits per heavy atom. The van der Waals surface area contributed by atoms with Crippen LogP contribution in [0.15, 0.2) is 58.3 Å². The molecular weight excluding hydrogens is 332 g/mol. The lowest BCUT2D eigenvalue weighted by molar-refractivity contribution is 0.128. The van der Waals surface area contributed by atoms with Gasteiger partial charge in [0.2, 0.25) is 0 Å². The molecule has 1 fully saturated rings. The predicted molar refractivity (Wildman–Crippen MR) is 101 cm³/mol. The molecule has 0 bridgehead atoms. The van der Waals surface area contributed by atoms with Crippen molar-refractivity contribution < 1.29 is 9.53 Å². The first-order valence-electron chi connectivity index (χ1n) is 8.88. The van der Waals surface area contributed by atoms with E-state index in [0.29, 0.717) is 6.61 Å². The molecule has 130 valence electrons. The highest BCUT2D eigenvalue weighted by Crippen LogP contribution is 2.48. The molecular formula is C20H22N2O2S. The molecule has 0 aromatic heterocycles. The van der Waals surface area contributed by atoms with Crippen molar-refractivity contribution in [3.63, 3.8) is 0 Å². The van der Waals surface area contributed by atoms with Crippen molar-refractivity contribution in [1.29, 1.82) is 0 Å². The molecule has 1 saturated heterocycles. The molecule has 0 aliphatic carbocycles. The van der Waals surface area contributed by atoms with Gasteiger partial charge in [0.15, 0.2) is 0 Å². The van der Waals surface area contributed by atoms with E-state index in [-0.39, 0.29) is 6.09 Å². The second-order valence-electron chi connectivity index (χ2n) is 6.39. The Balaban J connectivity index is 1.49. The van der Waals surface area contributed by atoms with E-state index in [0.717, 1.165) is 40.8 Å². The topological polar surface area (TPSA) is 32.8 Å². The van der Waals surface area contributed by atoms with Gasteiger partial charge in [0, 0.05) is 16.3 Å². The second-order valence-corrected chi connectivity index (χ2v) is 7.47. The molecule has 1 amide bonds. The average molecular weight is 354 g/mol. The Bertz CT molecular complexity index is 713. The summed E-state index contributed by atoms with van der Waals surface area (Å²) in [5.41, 5.74) is 1.79. The molecule has 0 radical (unpaired) electrons. The monoisotopic (exact) mass is 354 g/mol. The van der Waals surface area contributed by atoms with Gasteiger partial charge in [-0.1, -0.05) is 42.4 Å². The predicted octanol–water partition coefficient (Wildman–Crippen LogP) is 4.91. The van der Waals surface area contributed by atoms with Crippen LogP contribution in [0.25, 0.3) is 0 Å². The molecule has 2 heterocycles. The van der Waals surface area contributed by atoms with Crippen LogP contribution in [-0.2, 0) is 4.74 Å². The second kappa shape index (κ2) is 7.50. The fourth-order valence-electron chi connectivity index (χ4n) is 3.41. The number of nitrogens with zero attached hydrogens (tertiary/aromatic N) is 2. The summed E-state index contributed by atoms with van der Waals surface area (Å²) < 4.78 is 5.63. The van der Waals surface area contributed by atoms with E-state index in [9.17, 15) is 4.79 Å². The smallest absolute Gasteiger partial charge is 0.419 e. The fourth-order valence-corrected chi connectivity index (χ4v) is 4.47. The number of anilines is 2. The van der Waals surface area contributed by atoms with Crippen molar-refractivity contribution in [3.8, 4) is 0 Å². The third-order valence-electron chi connectivity index (χ3n) is 4.70. The summed E-state index contributed by atoms with van der Waals surface area (Å²) >= 11 is 1.69. The minimum absolute atomic E-state index is 0.294. The number of benzene rings is 2. The van der Waals surface area contributed by atoms with Crippen molar-refractivity contribution in [2.75, 3.05) is 31.1 Å². The standard InChI is InChI=1S/C20H22N2O2S/c23-20(24-15-14-21-12-6-1-7-13-21)22-16-8-2-4-10-18(16)25-19-11-5-3-9-17(19)22/h2-5,8-11H,1,6-7,12-15H2. The molecule has 2 aromatic rings. The molecule has 5 heteroatoms. The van der Waals surface area contributed by atoms with Crippen LogP contribution >= 0.6 is 11.8 Å². The van der Waals surface area contributed by atoms with Crippen LogP contribution < -0.4 is 4.90 Å². The number of carbonyl (C=O) groups excluding carboxylic acids is 1. The maximum Gasteiger partial charge on any atom is 0.419 e. The summed E-state index contributed by atoms with van der Waals surface area (Å²) in [6.45, 7) is 3.48. The van der Waals surface area contributed by atoms with E-state index >= 15 is 0 Å². The highest BCUT2D eigenvalue weighted by Gasteiger charge is 2.29. The number of carbonyl (C=O) groups is 1. The maximum atomic E-state index is 12.8. The Kier molecular flexibility index (Phi) is 4.95. The van der Waals surface area contributed by atoms with Crippen LogP contribution in [0.4, 0.5) is 16.2 Å². The maximum absolute atomic E-state index is 12.8. The lowest BCUT2D eigenvalue weighted by Gasteiger charge is -2.31. The van der Waals surface area contributed by atoms with E-state index in [2.05, 4.69) is 4.90 Å². The lowest BCUT2D eigenvalue weighted by atomic mass is 10.1. The molecule has 0 atom stereocenters. The number of fused-ring (bicyclic) bond motifs is 2. The summed E-state index contributed by atoms with van der Waals surface area (Å²) in [7, 11) is 0. The largest absolute Gasteiger partial charge is 0.448 e. The molecule has 0 N–H and O–H groups in total. The summed E-state index contributed by atoms with van der Waals surface area (Å²) in [5, 5.41) is 0. The van der Waals surface area contributed by atoms with E-state index < -0.39 is 0 Å². The van der Waals surface area contributed by atoms with E-state index in [1.807, 2.05) is 48.5 Å². The summed E-state index contributed by atoms with van der Waals surface area (Å²) in [4.78, 5) is 19.1. The quantitative estimate of drug-likeness (QED) is 0.784. The van der Waals surface area contributed by atoms with Crippen molar-refractivity contribution in [1.82, 2.24) is 4.90 Å². The van der Waals surface area contributed by atoms with Crippen LogP contribution in [0.2, 0.25) is 0 Å². The zero-order valence-corrected chi connectivity index (χ0v) is 15.0. The van der Waals surface area contributed by atoms with Crippen LogP contribution in [-0.4, -0.2) is 37.2 Å². The molecule has 4 nitrogen and oxygen atoms in total. The van der Waals surface area contributed by atoms with Gasteiger partial charge in [-0.3, -0.25) is 4.90 Å². The van der Waals surface area contributed by atoms with Gasteiger partial charge in [0.1, 0.15) is 6.61 Å². The highest BCUT2D eigenvalue weighted by atomic mass is 32.2. The summed E-state index contributed by atoms with van der Waals surface area (Å²) in [6, 6.07) is 16.0. The number of rotatable bonds is 3. The Hall–Kier alpha value is -1.98. The summed E-state index contributed by atoms with van der Waals surface area (Å²) in [6.07, 6.45) is 3.52. The Morgan fingerprint density at radius 1 is 0.920 bits per heavy atom. The third kappa shape index (κ3) is 3.53. The fraction of sp³-hybridized carbons (Fsp3) is 0.350. The van der Waals surface area contributed by atoms with Crippen molar-refractivity contribution >= 4 is 29.2 Å². The summed E-state index contributed by atoms with van der Waals surface area (Å²) in [5.74, 6) is 0. The minimum Gasteiger partial charge on any atom is -0.448 e. The Labute approximate surface area is 152 Å². The van der Waals surface area contributed by atoms with Crippen LogP contribution in [0.5, 0.6) is 0 Å². The zero-order chi connectivity index (χ0) is 17.1. The molecule has 0 unspecified atom stereocenters. The normalized spacial score (nSPS) is 16.9. The van der Waals surface area contributed by atoms with Gasteiger partial charge < -0.3 is 4.74 Å². The van der Waals surface area contributed by atoms with Crippen molar-refractivity contribution in [2.45, 2.75) is 29.1 Å². The molecule has 0 spiro atoms. The first kappa shape index (κ1) is 16.5. The Morgan fingerprint density at radius 2 is 1.52 bits per heavy atom. The van der Waals surface area contributed by atoms with Gasteiger partial charge >= 0.3 is 6.09 Å². The molecule has 2 aliphatic heterocycles. The van der Waals surface area contributed by atoms with E-state index in [4.69, 9.17) is 4.74 Å². The third-order valence-corrected chi connectivity index (χ3v) is 5.83. The van der Waals surface area contributed by atoms with Crippen molar-refractivity contribution in [3.05, 3.63) is 48.5 Å². The van der Waals surface area contributed by atoms with Gasteiger partial charge in [-0.15, -0.1) is 0 Å². The van der Waals surface area contributed by atoms with Gasteiger partial charge in [-0.05, 0) is 50.2 Å². The van der Waals surface area contributed by atoms with E-state index in [1.165, 1.54) is 19.3 Å². The zero-order valence-electron chi connectivity index (χ0n) is 14.2. The molecule has 0 saturated carbocycles. The van der Waals surface area contributed by atoms with Crippen LogP contribution in [0.1, 0.15) is 19.3 Å². The van der Waals surface area contributed by atoms with Gasteiger partial charge in [0.25, 0.3) is 0 Å². The SMILES string of the molecule is O=C(OCCN1CCCCC1)N1c2ccccc2Sc2ccccc21. The molecule has 25 heavy (non-hydrogen) atoms. The van der Waals surface area contributed by atoms with Gasteiger partial charge in [-0.25, -0.2) is 9.69 Å². The first-order valence-corrected chi connectivity index (χ1v) is 9.70. The lowest BCUT2D eigenvalue weighted by Crippen LogP contribution is -2.35. The number of ether oxygens (including phenoxy) is 1. The van der Waals surface area contributed by atoms with Gasteiger partial charge in [0.05, 0.1) is 11.4 Å². The number of amides is 1. The van der Waals surface area contributed by atoms with Crippen LogP contribution in [0, 0.1) is 0 Å². The number of likely N-dealkylation sites (tertiary alicyclic amines) is 1. The van der Waals surface area contributed by atoms with Gasteiger partial charge in [-0.2, -0.15) is 0 Å². The van der Waals surface area contributed by atoms with Crippen LogP contribution in [0.3, 0.4) is 0 Å². The number of hydrogen-bond acceptors (Lipinski definition) is 4. The number of para-hydroxylation sites is 2. The number of hydrogen-bond donors (Lipinski definition) is 0. The average Bonchev–Trinajstić information content (AvgIpc) is 2.66. The molecule has 4 rings (SSSR count). The number of piperidine rings is 1. The van der Waals surface area contributed by atoms with Crippen molar-refractivity contribution in [2.24, 2.45) is 0 Å². The first-order chi connectivity index (χ1) is 12.3. The van der Waals surface area contributed by atoms with E-state index in [1.54, 1.807) is 16.7 Å². The minimum atomic E-state index is -0.294. The molecule has 2 aliphatic rings. The highest BCUT2D eigenvalue weighted by molar-refractivity contribution is 7.99. The molecule has 2 aromatic carbocycles.